The van der Waals surface area contributed by atoms with Crippen molar-refractivity contribution in [2.24, 2.45) is 0 Å². The van der Waals surface area contributed by atoms with Gasteiger partial charge in [-0.05, 0) is 30.3 Å². The normalized spacial score (nSPS) is 12.0. The van der Waals surface area contributed by atoms with Gasteiger partial charge in [-0.1, -0.05) is 58.7 Å². The topological polar surface area (TPSA) is 68.4 Å². The molecule has 2 aromatic heterocycles. The molecule has 0 fully saturated rings. The Labute approximate surface area is 177 Å². The fourth-order valence-electron chi connectivity index (χ4n) is 2.94. The van der Waals surface area contributed by atoms with Gasteiger partial charge >= 0.3 is 0 Å². The minimum atomic E-state index is -1.01. The van der Waals surface area contributed by atoms with Crippen molar-refractivity contribution in [3.63, 3.8) is 0 Å². The van der Waals surface area contributed by atoms with Gasteiger partial charge in [0.25, 0.3) is 0 Å². The van der Waals surface area contributed by atoms with Crippen LogP contribution >= 0.6 is 23.2 Å². The van der Waals surface area contributed by atoms with E-state index in [0.29, 0.717) is 43.9 Å². The summed E-state index contributed by atoms with van der Waals surface area (Å²) in [6.45, 7) is 0.102. The Bertz CT molecular complexity index is 1100. The third kappa shape index (κ3) is 4.27. The lowest BCUT2D eigenvalue weighted by Crippen LogP contribution is -2.06. The van der Waals surface area contributed by atoms with E-state index in [1.165, 1.54) is 0 Å². The molecule has 0 radical (unpaired) electrons. The van der Waals surface area contributed by atoms with Crippen LogP contribution in [0.25, 0.3) is 11.3 Å². The van der Waals surface area contributed by atoms with E-state index in [2.05, 4.69) is 10.1 Å². The van der Waals surface area contributed by atoms with Gasteiger partial charge in [0, 0.05) is 23.5 Å². The van der Waals surface area contributed by atoms with Crippen LogP contribution in [0, 0.1) is 0 Å². The zero-order valence-electron chi connectivity index (χ0n) is 15.1. The zero-order valence-corrected chi connectivity index (χ0v) is 16.6. The van der Waals surface area contributed by atoms with Gasteiger partial charge in [0.2, 0.25) is 0 Å². The first-order valence-corrected chi connectivity index (χ1v) is 9.59. The molecule has 0 saturated carbocycles. The van der Waals surface area contributed by atoms with Gasteiger partial charge in [-0.3, -0.25) is 4.98 Å². The number of hydrogen-bond donors (Lipinski definition) is 1. The van der Waals surface area contributed by atoms with Crippen molar-refractivity contribution < 1.29 is 14.4 Å². The third-order valence-electron chi connectivity index (χ3n) is 4.38. The van der Waals surface area contributed by atoms with E-state index in [0.717, 1.165) is 0 Å². The number of ether oxygens (including phenoxy) is 1. The van der Waals surface area contributed by atoms with Crippen LogP contribution < -0.4 is 4.74 Å². The number of aliphatic hydroxyl groups excluding tert-OH is 1. The number of aliphatic hydroxyl groups is 1. The standard InChI is InChI=1S/C22H16Cl2N2O3/c23-17-9-8-14(11-18(17)24)21-20(22(27)15-5-4-10-25-12-15)19(29-26-21)13-28-16-6-2-1-3-7-16/h1-12,22,27H,13H2. The molecule has 146 valence electrons. The average Bonchev–Trinajstić information content (AvgIpc) is 3.19. The van der Waals surface area contributed by atoms with Gasteiger partial charge in [-0.2, -0.15) is 0 Å². The van der Waals surface area contributed by atoms with Gasteiger partial charge in [-0.25, -0.2) is 0 Å². The number of halogens is 2. The van der Waals surface area contributed by atoms with Crippen molar-refractivity contribution in [3.8, 4) is 17.0 Å². The predicted octanol–water partition coefficient (Wildman–Crippen LogP) is 5.70. The fourth-order valence-corrected chi connectivity index (χ4v) is 3.24. The highest BCUT2D eigenvalue weighted by molar-refractivity contribution is 6.42. The van der Waals surface area contributed by atoms with Crippen LogP contribution in [-0.2, 0) is 6.61 Å². The first-order chi connectivity index (χ1) is 14.1. The van der Waals surface area contributed by atoms with Gasteiger partial charge < -0.3 is 14.4 Å². The Morgan fingerprint density at radius 1 is 1.00 bits per heavy atom. The monoisotopic (exact) mass is 426 g/mol. The van der Waals surface area contributed by atoms with Crippen molar-refractivity contribution in [2.45, 2.75) is 12.7 Å². The van der Waals surface area contributed by atoms with E-state index in [4.69, 9.17) is 32.5 Å². The lowest BCUT2D eigenvalue weighted by Gasteiger charge is -2.13. The van der Waals surface area contributed by atoms with E-state index in [1.54, 1.807) is 42.7 Å². The minimum Gasteiger partial charge on any atom is -0.486 e. The zero-order chi connectivity index (χ0) is 20.2. The van der Waals surface area contributed by atoms with Crippen molar-refractivity contribution in [1.82, 2.24) is 10.1 Å². The van der Waals surface area contributed by atoms with Crippen molar-refractivity contribution >= 4 is 23.2 Å². The van der Waals surface area contributed by atoms with Crippen LogP contribution in [0.1, 0.15) is 23.0 Å². The summed E-state index contributed by atoms with van der Waals surface area (Å²) >= 11 is 12.2. The quantitative estimate of drug-likeness (QED) is 0.427. The molecule has 0 aliphatic rings. The maximum Gasteiger partial charge on any atom is 0.180 e. The number of rotatable bonds is 6. The molecule has 29 heavy (non-hydrogen) atoms. The summed E-state index contributed by atoms with van der Waals surface area (Å²) in [5.41, 5.74) is 2.24. The van der Waals surface area contributed by atoms with E-state index < -0.39 is 6.10 Å². The Balaban J connectivity index is 1.74. The highest BCUT2D eigenvalue weighted by atomic mass is 35.5. The van der Waals surface area contributed by atoms with Gasteiger partial charge in [0.1, 0.15) is 24.2 Å². The molecule has 5 nitrogen and oxygen atoms in total. The number of para-hydroxylation sites is 1. The molecule has 0 aliphatic heterocycles. The largest absolute Gasteiger partial charge is 0.486 e. The SMILES string of the molecule is OC(c1cccnc1)c1c(-c2ccc(Cl)c(Cl)c2)noc1COc1ccccc1. The fraction of sp³-hybridized carbons (Fsp3) is 0.0909. The van der Waals surface area contributed by atoms with Crippen LogP contribution in [0.5, 0.6) is 5.75 Å². The highest BCUT2D eigenvalue weighted by Crippen LogP contribution is 2.36. The minimum absolute atomic E-state index is 0.102. The molecule has 7 heteroatoms. The highest BCUT2D eigenvalue weighted by Gasteiger charge is 2.26. The second-order valence-electron chi connectivity index (χ2n) is 6.29. The number of pyridine rings is 1. The molecule has 2 aromatic carbocycles. The van der Waals surface area contributed by atoms with Crippen molar-refractivity contribution in [2.75, 3.05) is 0 Å². The van der Waals surface area contributed by atoms with Gasteiger partial charge in [0.15, 0.2) is 5.76 Å². The second-order valence-corrected chi connectivity index (χ2v) is 7.10. The first kappa shape index (κ1) is 19.5. The van der Waals surface area contributed by atoms with Gasteiger partial charge in [0.05, 0.1) is 15.6 Å². The van der Waals surface area contributed by atoms with Crippen molar-refractivity contribution in [3.05, 3.63) is 100.0 Å². The Hall–Kier alpha value is -2.86. The molecule has 1 unspecified atom stereocenters. The van der Waals surface area contributed by atoms with Crippen LogP contribution in [0.15, 0.2) is 77.6 Å². The molecule has 1 N–H and O–H groups in total. The third-order valence-corrected chi connectivity index (χ3v) is 5.12. The molecular weight excluding hydrogens is 411 g/mol. The molecular formula is C22H16Cl2N2O3. The number of nitrogens with zero attached hydrogens (tertiary/aromatic N) is 2. The van der Waals surface area contributed by atoms with Crippen LogP contribution in [-0.4, -0.2) is 15.2 Å². The molecule has 0 spiro atoms. The molecule has 0 saturated heterocycles. The van der Waals surface area contributed by atoms with Crippen LogP contribution in [0.2, 0.25) is 10.0 Å². The average molecular weight is 427 g/mol. The summed E-state index contributed by atoms with van der Waals surface area (Å²) in [6, 6.07) is 18.0. The predicted molar refractivity (Wildman–Crippen MR) is 111 cm³/mol. The number of benzene rings is 2. The molecule has 0 aliphatic carbocycles. The molecule has 4 aromatic rings. The Morgan fingerprint density at radius 2 is 1.83 bits per heavy atom. The summed E-state index contributed by atoms with van der Waals surface area (Å²) in [5, 5.41) is 16.1. The lowest BCUT2D eigenvalue weighted by molar-refractivity contribution is 0.205. The Kier molecular flexibility index (Phi) is 5.81. The summed E-state index contributed by atoms with van der Waals surface area (Å²) in [5.74, 6) is 1.09. The molecule has 0 bridgehead atoms. The first-order valence-electron chi connectivity index (χ1n) is 8.83. The van der Waals surface area contributed by atoms with Gasteiger partial charge in [-0.15, -0.1) is 0 Å². The van der Waals surface area contributed by atoms with Crippen molar-refractivity contribution in [1.29, 1.82) is 0 Å². The number of aromatic nitrogens is 2. The maximum absolute atomic E-state index is 11.1. The summed E-state index contributed by atoms with van der Waals surface area (Å²) in [6.07, 6.45) is 2.23. The molecule has 0 amide bonds. The van der Waals surface area contributed by atoms with E-state index >= 15 is 0 Å². The molecule has 2 heterocycles. The molecule has 1 atom stereocenters. The Morgan fingerprint density at radius 3 is 2.55 bits per heavy atom. The second kappa shape index (κ2) is 8.66. The lowest BCUT2D eigenvalue weighted by atomic mass is 9.97. The number of hydrogen-bond acceptors (Lipinski definition) is 5. The van der Waals surface area contributed by atoms with E-state index in [1.807, 2.05) is 30.3 Å². The maximum atomic E-state index is 11.1. The van der Waals surface area contributed by atoms with E-state index in [9.17, 15) is 5.11 Å². The molecule has 4 rings (SSSR count). The summed E-state index contributed by atoms with van der Waals surface area (Å²) in [7, 11) is 0. The van der Waals surface area contributed by atoms with Crippen LogP contribution in [0.3, 0.4) is 0 Å². The van der Waals surface area contributed by atoms with E-state index in [-0.39, 0.29) is 6.61 Å². The summed E-state index contributed by atoms with van der Waals surface area (Å²) in [4.78, 5) is 4.09. The smallest absolute Gasteiger partial charge is 0.180 e. The van der Waals surface area contributed by atoms with Crippen LogP contribution in [0.4, 0.5) is 0 Å². The summed E-state index contributed by atoms with van der Waals surface area (Å²) < 4.78 is 11.4.